The average Bonchev–Trinajstić information content (AvgIpc) is 3.06. The Bertz CT molecular complexity index is 794. The molecule has 2 heterocycles. The second-order valence-electron chi connectivity index (χ2n) is 7.86. The van der Waals surface area contributed by atoms with Gasteiger partial charge in [-0.1, -0.05) is 12.1 Å². The van der Waals surface area contributed by atoms with Crippen LogP contribution in [0.25, 0.3) is 10.9 Å². The molecule has 4 nitrogen and oxygen atoms in total. The molecule has 2 aliphatic rings. The van der Waals surface area contributed by atoms with Crippen molar-refractivity contribution in [3.8, 4) is 0 Å². The Morgan fingerprint density at radius 2 is 2.15 bits per heavy atom. The fourth-order valence-electron chi connectivity index (χ4n) is 5.06. The number of benzene rings is 1. The van der Waals surface area contributed by atoms with Crippen LogP contribution in [0.5, 0.6) is 0 Å². The Morgan fingerprint density at radius 3 is 2.92 bits per heavy atom. The van der Waals surface area contributed by atoms with Gasteiger partial charge in [-0.05, 0) is 69.1 Å². The summed E-state index contributed by atoms with van der Waals surface area (Å²) in [5.41, 5.74) is 4.32. The van der Waals surface area contributed by atoms with Crippen molar-refractivity contribution in [3.63, 3.8) is 0 Å². The Hall–Kier alpha value is -1.59. The third-order valence-corrected chi connectivity index (χ3v) is 6.81. The number of hydrogen-bond acceptors (Lipinski definition) is 2. The van der Waals surface area contributed by atoms with E-state index in [0.717, 1.165) is 37.7 Å². The molecular weight excluding hydrogens is 340 g/mol. The van der Waals surface area contributed by atoms with Crippen LogP contribution in [0.1, 0.15) is 37.3 Å². The van der Waals surface area contributed by atoms with E-state index in [4.69, 9.17) is 12.2 Å². The van der Waals surface area contributed by atoms with Gasteiger partial charge in [0, 0.05) is 55.2 Å². The van der Waals surface area contributed by atoms with E-state index in [1.54, 1.807) is 0 Å². The number of hydrogen-bond donors (Lipinski definition) is 2. The smallest absolute Gasteiger partial charge is 0.168 e. The average molecular weight is 371 g/mol. The van der Waals surface area contributed by atoms with Crippen LogP contribution in [0.2, 0.25) is 0 Å². The Balaban J connectivity index is 1.51. The molecule has 0 amide bonds. The first kappa shape index (κ1) is 17.8. The van der Waals surface area contributed by atoms with E-state index in [2.05, 4.69) is 65.4 Å². The molecular formula is C21H30N4S. The van der Waals surface area contributed by atoms with Gasteiger partial charge in [0.1, 0.15) is 0 Å². The highest BCUT2D eigenvalue weighted by atomic mass is 32.1. The zero-order valence-corrected chi connectivity index (χ0v) is 16.9. The number of nitrogens with zero attached hydrogens (tertiary/aromatic N) is 2. The van der Waals surface area contributed by atoms with Gasteiger partial charge >= 0.3 is 0 Å². The highest BCUT2D eigenvalue weighted by Crippen LogP contribution is 2.44. The summed E-state index contributed by atoms with van der Waals surface area (Å²) in [6.45, 7) is 8.37. The van der Waals surface area contributed by atoms with Gasteiger partial charge in [-0.15, -0.1) is 0 Å². The number of H-pyrrole nitrogens is 1. The van der Waals surface area contributed by atoms with E-state index in [0.29, 0.717) is 17.9 Å². The molecule has 1 aromatic heterocycles. The number of piperidine rings is 1. The molecule has 140 valence electrons. The van der Waals surface area contributed by atoms with Crippen molar-refractivity contribution in [2.45, 2.75) is 38.6 Å². The molecule has 1 saturated heterocycles. The number of nitrogens with one attached hydrogen (secondary N) is 2. The second-order valence-corrected chi connectivity index (χ2v) is 8.25. The molecule has 0 bridgehead atoms. The van der Waals surface area contributed by atoms with Gasteiger partial charge in [-0.2, -0.15) is 0 Å². The molecule has 1 aliphatic carbocycles. The number of thiocarbonyl (C=S) groups is 1. The topological polar surface area (TPSA) is 34.3 Å². The minimum atomic E-state index is 0.620. The maximum absolute atomic E-state index is 5.58. The molecule has 1 fully saturated rings. The quantitative estimate of drug-likeness (QED) is 0.809. The molecule has 0 saturated carbocycles. The van der Waals surface area contributed by atoms with Crippen molar-refractivity contribution >= 4 is 28.2 Å². The summed E-state index contributed by atoms with van der Waals surface area (Å²) in [6, 6.07) is 7.38. The second kappa shape index (κ2) is 7.20. The highest BCUT2D eigenvalue weighted by molar-refractivity contribution is 7.80. The van der Waals surface area contributed by atoms with Crippen LogP contribution in [-0.4, -0.2) is 59.2 Å². The van der Waals surface area contributed by atoms with E-state index in [-0.39, 0.29) is 0 Å². The van der Waals surface area contributed by atoms with Gasteiger partial charge in [-0.25, -0.2) is 0 Å². The number of likely N-dealkylation sites (tertiary alicyclic amines) is 1. The molecule has 2 N–H and O–H groups in total. The number of aromatic nitrogens is 1. The summed E-state index contributed by atoms with van der Waals surface area (Å²) >= 11 is 5.58. The molecule has 3 atom stereocenters. The monoisotopic (exact) mass is 370 g/mol. The zero-order valence-electron chi connectivity index (χ0n) is 16.1. The lowest BCUT2D eigenvalue weighted by molar-refractivity contribution is 0.113. The first-order valence-corrected chi connectivity index (χ1v) is 10.3. The van der Waals surface area contributed by atoms with Crippen molar-refractivity contribution in [2.24, 2.45) is 5.92 Å². The SMILES string of the molecule is CCN(CC)C(=S)NC[C@H]1C[C@@H]2c3cccc4[nH]cc(c34)C[C@H]2N(C)C1. The Kier molecular flexibility index (Phi) is 4.93. The number of rotatable bonds is 4. The van der Waals surface area contributed by atoms with Gasteiger partial charge in [0.05, 0.1) is 0 Å². The summed E-state index contributed by atoms with van der Waals surface area (Å²) in [5, 5.41) is 5.92. The fourth-order valence-corrected chi connectivity index (χ4v) is 5.40. The van der Waals surface area contributed by atoms with Crippen LogP contribution < -0.4 is 5.32 Å². The van der Waals surface area contributed by atoms with Crippen molar-refractivity contribution in [2.75, 3.05) is 33.2 Å². The standard InChI is InChI=1S/C21H30N4S/c1-4-25(5-2)21(26)23-11-14-9-17-16-7-6-8-18-20(16)15(12-22-18)10-19(17)24(3)13-14/h6-8,12,14,17,19,22H,4-5,9-11,13H2,1-3H3,(H,23,26)/t14-,17-,19-/m1/s1. The van der Waals surface area contributed by atoms with E-state index in [9.17, 15) is 0 Å². The van der Waals surface area contributed by atoms with E-state index < -0.39 is 0 Å². The van der Waals surface area contributed by atoms with Crippen LogP contribution in [0, 0.1) is 5.92 Å². The molecule has 0 radical (unpaired) electrons. The molecule has 1 aliphatic heterocycles. The van der Waals surface area contributed by atoms with Gasteiger partial charge < -0.3 is 20.1 Å². The first-order chi connectivity index (χ1) is 12.6. The summed E-state index contributed by atoms with van der Waals surface area (Å²) in [6.07, 6.45) is 4.62. The maximum atomic E-state index is 5.58. The van der Waals surface area contributed by atoms with Crippen molar-refractivity contribution in [1.82, 2.24) is 20.1 Å². The minimum Gasteiger partial charge on any atom is -0.362 e. The lowest BCUT2D eigenvalue weighted by Gasteiger charge is -2.45. The molecule has 0 unspecified atom stereocenters. The fraction of sp³-hybridized carbons (Fsp3) is 0.571. The summed E-state index contributed by atoms with van der Waals surface area (Å²) in [4.78, 5) is 8.27. The summed E-state index contributed by atoms with van der Waals surface area (Å²) in [5.74, 6) is 1.25. The van der Waals surface area contributed by atoms with E-state index in [1.165, 1.54) is 28.5 Å². The van der Waals surface area contributed by atoms with E-state index in [1.807, 2.05) is 0 Å². The lowest BCUT2D eigenvalue weighted by atomic mass is 9.72. The molecule has 5 heteroatoms. The zero-order chi connectivity index (χ0) is 18.3. The van der Waals surface area contributed by atoms with Crippen molar-refractivity contribution in [3.05, 3.63) is 35.5 Å². The van der Waals surface area contributed by atoms with Crippen LogP contribution in [-0.2, 0) is 6.42 Å². The van der Waals surface area contributed by atoms with Crippen LogP contribution in [0.3, 0.4) is 0 Å². The molecule has 0 spiro atoms. The van der Waals surface area contributed by atoms with Crippen LogP contribution in [0.4, 0.5) is 0 Å². The van der Waals surface area contributed by atoms with Gasteiger partial charge in [0.25, 0.3) is 0 Å². The molecule has 1 aromatic carbocycles. The Labute approximate surface area is 161 Å². The minimum absolute atomic E-state index is 0.620. The van der Waals surface area contributed by atoms with Gasteiger partial charge in [0.2, 0.25) is 0 Å². The van der Waals surface area contributed by atoms with Gasteiger partial charge in [-0.3, -0.25) is 0 Å². The maximum Gasteiger partial charge on any atom is 0.168 e. The lowest BCUT2D eigenvalue weighted by Crippen LogP contribution is -2.51. The number of likely N-dealkylation sites (N-methyl/N-ethyl adjacent to an activating group) is 1. The third kappa shape index (κ3) is 3.01. The normalized spacial score (nSPS) is 25.1. The van der Waals surface area contributed by atoms with Crippen molar-refractivity contribution in [1.29, 1.82) is 0 Å². The van der Waals surface area contributed by atoms with E-state index >= 15 is 0 Å². The molecule has 26 heavy (non-hydrogen) atoms. The summed E-state index contributed by atoms with van der Waals surface area (Å²) < 4.78 is 0. The number of aromatic amines is 1. The van der Waals surface area contributed by atoms with Crippen molar-refractivity contribution < 1.29 is 0 Å². The molecule has 4 rings (SSSR count). The first-order valence-electron chi connectivity index (χ1n) is 9.94. The number of fused-ring (bicyclic) bond motifs is 2. The van der Waals surface area contributed by atoms with Crippen LogP contribution >= 0.6 is 12.2 Å². The predicted molar refractivity (Wildman–Crippen MR) is 113 cm³/mol. The Morgan fingerprint density at radius 1 is 1.35 bits per heavy atom. The largest absolute Gasteiger partial charge is 0.362 e. The third-order valence-electron chi connectivity index (χ3n) is 6.40. The van der Waals surface area contributed by atoms with Crippen LogP contribution in [0.15, 0.2) is 24.4 Å². The highest BCUT2D eigenvalue weighted by Gasteiger charge is 2.39. The molecule has 2 aromatic rings. The summed E-state index contributed by atoms with van der Waals surface area (Å²) in [7, 11) is 2.30. The van der Waals surface area contributed by atoms with Gasteiger partial charge in [0.15, 0.2) is 5.11 Å². The predicted octanol–water partition coefficient (Wildman–Crippen LogP) is 3.34.